The van der Waals surface area contributed by atoms with Gasteiger partial charge in [0.1, 0.15) is 12.0 Å². The number of nitrogens with one attached hydrogen (secondary N) is 4. The average Bonchev–Trinajstić information content (AvgIpc) is 3.41. The number of ether oxygens (including phenoxy) is 1. The van der Waals surface area contributed by atoms with Gasteiger partial charge < -0.3 is 10.1 Å². The molecule has 0 bridgehead atoms. The van der Waals surface area contributed by atoms with Crippen molar-refractivity contribution in [3.8, 4) is 0 Å². The summed E-state index contributed by atoms with van der Waals surface area (Å²) in [6.07, 6.45) is 2.95. The number of amides is 1. The Balaban J connectivity index is 1.47. The van der Waals surface area contributed by atoms with Crippen LogP contribution in [0.1, 0.15) is 32.3 Å². The highest BCUT2D eigenvalue weighted by molar-refractivity contribution is 8.14. The monoisotopic (exact) mass is 430 g/mol. The standard InChI is InChI=1S/C21H30N6O2S/c1-3-14-6-8-15(9-7-14)27-19(22)18-13(2)25-26-20(18)24-21(27)30-12-17(28)23-11-16-5-4-10-29-16/h6-9,13,16,18,20,22,25-26H,3-5,10-12H2,1-2H3,(H,23,28). The first kappa shape index (κ1) is 21.3. The number of benzene rings is 1. The number of aliphatic imine (C=N–C) groups is 1. The van der Waals surface area contributed by atoms with Crippen LogP contribution in [0.25, 0.3) is 0 Å². The summed E-state index contributed by atoms with van der Waals surface area (Å²) in [5.41, 5.74) is 8.52. The normalized spacial score (nSPS) is 28.4. The average molecular weight is 431 g/mol. The van der Waals surface area contributed by atoms with Gasteiger partial charge in [0, 0.05) is 24.9 Å². The summed E-state index contributed by atoms with van der Waals surface area (Å²) in [4.78, 5) is 19.1. The molecule has 3 aliphatic rings. The number of amidine groups is 2. The fraction of sp³-hybridized carbons (Fsp3) is 0.571. The van der Waals surface area contributed by atoms with Gasteiger partial charge in [-0.1, -0.05) is 30.8 Å². The highest BCUT2D eigenvalue weighted by atomic mass is 32.2. The molecule has 8 nitrogen and oxygen atoms in total. The van der Waals surface area contributed by atoms with Crippen molar-refractivity contribution in [3.05, 3.63) is 29.8 Å². The highest BCUT2D eigenvalue weighted by Crippen LogP contribution is 2.31. The number of fused-ring (bicyclic) bond motifs is 1. The van der Waals surface area contributed by atoms with E-state index in [1.165, 1.54) is 17.3 Å². The van der Waals surface area contributed by atoms with Crippen LogP contribution >= 0.6 is 11.8 Å². The van der Waals surface area contributed by atoms with Crippen LogP contribution in [0.5, 0.6) is 0 Å². The number of carbonyl (C=O) groups excluding carboxylic acids is 1. The summed E-state index contributed by atoms with van der Waals surface area (Å²) in [5, 5.41) is 12.5. The smallest absolute Gasteiger partial charge is 0.230 e. The van der Waals surface area contributed by atoms with Crippen LogP contribution in [-0.4, -0.2) is 54.1 Å². The summed E-state index contributed by atoms with van der Waals surface area (Å²) in [6, 6.07) is 8.33. The Bertz CT molecular complexity index is 808. The second kappa shape index (κ2) is 9.47. The van der Waals surface area contributed by atoms with Crippen molar-refractivity contribution in [1.29, 1.82) is 5.41 Å². The zero-order chi connectivity index (χ0) is 21.1. The summed E-state index contributed by atoms with van der Waals surface area (Å²) in [7, 11) is 0. The molecule has 0 aliphatic carbocycles. The third kappa shape index (κ3) is 4.54. The fourth-order valence-electron chi connectivity index (χ4n) is 4.04. The lowest BCUT2D eigenvalue weighted by molar-refractivity contribution is -0.119. The molecule has 4 rings (SSSR count). The van der Waals surface area contributed by atoms with E-state index in [2.05, 4.69) is 42.1 Å². The number of carbonyl (C=O) groups is 1. The molecular weight excluding hydrogens is 400 g/mol. The van der Waals surface area contributed by atoms with Crippen LogP contribution in [0.2, 0.25) is 0 Å². The van der Waals surface area contributed by atoms with Crippen LogP contribution in [0.15, 0.2) is 29.3 Å². The lowest BCUT2D eigenvalue weighted by atomic mass is 9.97. The number of rotatable bonds is 6. The third-order valence-corrected chi connectivity index (χ3v) is 6.77. The van der Waals surface area contributed by atoms with E-state index in [1.54, 1.807) is 0 Å². The fourth-order valence-corrected chi connectivity index (χ4v) is 4.93. The van der Waals surface area contributed by atoms with Crippen molar-refractivity contribution in [2.75, 3.05) is 23.8 Å². The van der Waals surface area contributed by atoms with Gasteiger partial charge in [-0.15, -0.1) is 0 Å². The van der Waals surface area contributed by atoms with E-state index in [1.807, 2.05) is 17.0 Å². The molecule has 4 unspecified atom stereocenters. The lowest BCUT2D eigenvalue weighted by Gasteiger charge is -2.36. The largest absolute Gasteiger partial charge is 0.376 e. The topological polar surface area (TPSA) is 102 Å². The van der Waals surface area contributed by atoms with E-state index >= 15 is 0 Å². The summed E-state index contributed by atoms with van der Waals surface area (Å²) in [6.45, 7) is 5.51. The Labute approximate surface area is 181 Å². The molecule has 162 valence electrons. The van der Waals surface area contributed by atoms with E-state index in [4.69, 9.17) is 15.1 Å². The predicted molar refractivity (Wildman–Crippen MR) is 121 cm³/mol. The van der Waals surface area contributed by atoms with E-state index in [0.29, 0.717) is 17.5 Å². The molecule has 0 radical (unpaired) electrons. The Hall–Kier alpha value is -1.94. The Morgan fingerprint density at radius 3 is 2.87 bits per heavy atom. The number of hydrogen-bond acceptors (Lipinski definition) is 7. The minimum Gasteiger partial charge on any atom is -0.376 e. The minimum absolute atomic E-state index is 0.0426. The van der Waals surface area contributed by atoms with Gasteiger partial charge in [-0.25, -0.2) is 10.4 Å². The Morgan fingerprint density at radius 2 is 2.17 bits per heavy atom. The molecule has 2 saturated heterocycles. The second-order valence-electron chi connectivity index (χ2n) is 7.93. The van der Waals surface area contributed by atoms with Crippen molar-refractivity contribution < 1.29 is 9.53 Å². The van der Waals surface area contributed by atoms with Crippen LogP contribution in [-0.2, 0) is 16.0 Å². The molecule has 0 saturated carbocycles. The van der Waals surface area contributed by atoms with Crippen molar-refractivity contribution in [2.24, 2.45) is 10.9 Å². The lowest BCUT2D eigenvalue weighted by Crippen LogP contribution is -2.50. The van der Waals surface area contributed by atoms with E-state index < -0.39 is 0 Å². The van der Waals surface area contributed by atoms with Crippen LogP contribution in [0.3, 0.4) is 0 Å². The van der Waals surface area contributed by atoms with Crippen molar-refractivity contribution in [3.63, 3.8) is 0 Å². The Morgan fingerprint density at radius 1 is 1.37 bits per heavy atom. The van der Waals surface area contributed by atoms with Crippen LogP contribution in [0.4, 0.5) is 5.69 Å². The number of nitrogens with zero attached hydrogens (tertiary/aromatic N) is 2. The maximum Gasteiger partial charge on any atom is 0.230 e. The molecule has 4 atom stereocenters. The molecule has 1 amide bonds. The quantitative estimate of drug-likeness (QED) is 0.550. The second-order valence-corrected chi connectivity index (χ2v) is 8.87. The zero-order valence-corrected chi connectivity index (χ0v) is 18.3. The molecule has 2 fully saturated rings. The molecule has 9 heteroatoms. The molecule has 30 heavy (non-hydrogen) atoms. The molecule has 0 aromatic heterocycles. The van der Waals surface area contributed by atoms with Crippen LogP contribution in [0, 0.1) is 11.3 Å². The molecule has 3 aliphatic heterocycles. The molecule has 4 N–H and O–H groups in total. The first-order valence-corrected chi connectivity index (χ1v) is 11.6. The van der Waals surface area contributed by atoms with E-state index in [0.717, 1.165) is 31.6 Å². The number of aryl methyl sites for hydroxylation is 1. The van der Waals surface area contributed by atoms with E-state index in [9.17, 15) is 4.79 Å². The summed E-state index contributed by atoms with van der Waals surface area (Å²) in [5.74, 6) is 0.641. The van der Waals surface area contributed by atoms with Crippen molar-refractivity contribution >= 4 is 34.4 Å². The summed E-state index contributed by atoms with van der Waals surface area (Å²) < 4.78 is 5.57. The van der Waals surface area contributed by atoms with Gasteiger partial charge >= 0.3 is 0 Å². The highest BCUT2D eigenvalue weighted by Gasteiger charge is 2.43. The number of hydrazine groups is 1. The van der Waals surface area contributed by atoms with Gasteiger partial charge in [0.25, 0.3) is 0 Å². The summed E-state index contributed by atoms with van der Waals surface area (Å²) >= 11 is 1.37. The van der Waals surface area contributed by atoms with Gasteiger partial charge in [0.15, 0.2) is 5.17 Å². The zero-order valence-electron chi connectivity index (χ0n) is 17.5. The molecular formula is C21H30N6O2S. The van der Waals surface area contributed by atoms with Gasteiger partial charge in [-0.2, -0.15) is 0 Å². The van der Waals surface area contributed by atoms with Crippen molar-refractivity contribution in [1.82, 2.24) is 16.2 Å². The van der Waals surface area contributed by atoms with Gasteiger partial charge in [-0.05, 0) is 43.9 Å². The predicted octanol–water partition coefficient (Wildman–Crippen LogP) is 1.87. The van der Waals surface area contributed by atoms with Crippen LogP contribution < -0.4 is 21.1 Å². The van der Waals surface area contributed by atoms with Gasteiger partial charge in [0.2, 0.25) is 5.91 Å². The molecule has 1 aromatic carbocycles. The maximum absolute atomic E-state index is 12.4. The number of thioether (sulfide) groups is 1. The molecule has 3 heterocycles. The van der Waals surface area contributed by atoms with Gasteiger partial charge in [0.05, 0.1) is 17.8 Å². The molecule has 0 spiro atoms. The maximum atomic E-state index is 12.4. The Kier molecular flexibility index (Phi) is 6.72. The van der Waals surface area contributed by atoms with Gasteiger partial charge in [-0.3, -0.25) is 20.5 Å². The number of anilines is 1. The number of hydrogen-bond donors (Lipinski definition) is 4. The van der Waals surface area contributed by atoms with Crippen molar-refractivity contribution in [2.45, 2.75) is 51.4 Å². The third-order valence-electron chi connectivity index (χ3n) is 5.82. The first-order chi connectivity index (χ1) is 14.6. The SMILES string of the molecule is CCc1ccc(N2C(=N)C3C(C)NNC3N=C2SCC(=O)NCC2CCCO2)cc1. The first-order valence-electron chi connectivity index (χ1n) is 10.6. The minimum atomic E-state index is -0.198. The molecule has 1 aromatic rings. The van der Waals surface area contributed by atoms with E-state index in [-0.39, 0.29) is 35.9 Å².